The lowest BCUT2D eigenvalue weighted by Gasteiger charge is -2.15. The quantitative estimate of drug-likeness (QED) is 0.874. The third-order valence-corrected chi connectivity index (χ3v) is 4.01. The maximum atomic E-state index is 12.1. The van der Waals surface area contributed by atoms with Crippen LogP contribution in [0, 0.1) is 0 Å². The summed E-state index contributed by atoms with van der Waals surface area (Å²) in [5.41, 5.74) is 3.19. The summed E-state index contributed by atoms with van der Waals surface area (Å²) in [5, 5.41) is 5.57. The number of ether oxygens (including phenoxy) is 1. The number of urea groups is 1. The predicted octanol–water partition coefficient (Wildman–Crippen LogP) is 3.64. The van der Waals surface area contributed by atoms with Crippen molar-refractivity contribution in [2.24, 2.45) is 0 Å². The Labute approximate surface area is 146 Å². The number of nitrogens with zero attached hydrogens (tertiary/aromatic N) is 1. The standard InChI is InChI=1S/C19H21N3O3/c1-3-22-17-10-7-15(11-13(17)12-18(22)23)21-19(24)20-14-5-8-16(9-6-14)25-4-2/h5-11H,3-4,12H2,1-2H3,(H2,20,21,24). The molecular weight excluding hydrogens is 318 g/mol. The maximum absolute atomic E-state index is 12.1. The van der Waals surface area contributed by atoms with Gasteiger partial charge in [-0.1, -0.05) is 0 Å². The summed E-state index contributed by atoms with van der Waals surface area (Å²) in [6, 6.07) is 12.4. The van der Waals surface area contributed by atoms with Crippen LogP contribution in [0.1, 0.15) is 19.4 Å². The number of benzene rings is 2. The molecule has 0 aliphatic carbocycles. The van der Waals surface area contributed by atoms with Gasteiger partial charge >= 0.3 is 6.03 Å². The van der Waals surface area contributed by atoms with Gasteiger partial charge < -0.3 is 20.3 Å². The molecule has 1 aliphatic heterocycles. The lowest BCUT2D eigenvalue weighted by Crippen LogP contribution is -2.25. The lowest BCUT2D eigenvalue weighted by atomic mass is 10.1. The highest BCUT2D eigenvalue weighted by molar-refractivity contribution is 6.03. The first-order chi connectivity index (χ1) is 12.1. The molecule has 2 aromatic rings. The van der Waals surface area contributed by atoms with E-state index in [1.165, 1.54) is 0 Å². The zero-order valence-electron chi connectivity index (χ0n) is 14.3. The Balaban J connectivity index is 1.64. The highest BCUT2D eigenvalue weighted by atomic mass is 16.5. The number of rotatable bonds is 5. The van der Waals surface area contributed by atoms with Crippen LogP contribution in [0.15, 0.2) is 42.5 Å². The normalized spacial score (nSPS) is 12.7. The van der Waals surface area contributed by atoms with E-state index in [1.54, 1.807) is 35.2 Å². The molecule has 0 aromatic heterocycles. The largest absolute Gasteiger partial charge is 0.494 e. The lowest BCUT2D eigenvalue weighted by molar-refractivity contribution is -0.117. The highest BCUT2D eigenvalue weighted by Gasteiger charge is 2.25. The Morgan fingerprint density at radius 1 is 1.08 bits per heavy atom. The second-order valence-electron chi connectivity index (χ2n) is 5.69. The van der Waals surface area contributed by atoms with Crippen LogP contribution in [0.2, 0.25) is 0 Å². The zero-order valence-corrected chi connectivity index (χ0v) is 14.3. The minimum Gasteiger partial charge on any atom is -0.494 e. The van der Waals surface area contributed by atoms with Gasteiger partial charge in [-0.3, -0.25) is 4.79 Å². The maximum Gasteiger partial charge on any atom is 0.323 e. The van der Waals surface area contributed by atoms with E-state index < -0.39 is 0 Å². The fraction of sp³-hybridized carbons (Fsp3) is 0.263. The summed E-state index contributed by atoms with van der Waals surface area (Å²) in [4.78, 5) is 25.8. The second-order valence-corrected chi connectivity index (χ2v) is 5.69. The van der Waals surface area contributed by atoms with E-state index in [9.17, 15) is 9.59 Å². The van der Waals surface area contributed by atoms with Gasteiger partial charge in [-0.15, -0.1) is 0 Å². The molecule has 0 spiro atoms. The topological polar surface area (TPSA) is 70.7 Å². The van der Waals surface area contributed by atoms with E-state index in [0.717, 1.165) is 17.0 Å². The summed E-state index contributed by atoms with van der Waals surface area (Å²) in [7, 11) is 0. The first-order valence-electron chi connectivity index (χ1n) is 8.35. The molecule has 0 fully saturated rings. The average molecular weight is 339 g/mol. The molecule has 3 rings (SSSR count). The number of hydrogen-bond donors (Lipinski definition) is 2. The van der Waals surface area contributed by atoms with Crippen molar-refractivity contribution in [1.29, 1.82) is 0 Å². The number of carbonyl (C=O) groups is 2. The van der Waals surface area contributed by atoms with E-state index in [1.807, 2.05) is 26.0 Å². The van der Waals surface area contributed by atoms with Crippen molar-refractivity contribution in [3.63, 3.8) is 0 Å². The molecule has 2 aromatic carbocycles. The molecule has 1 aliphatic rings. The van der Waals surface area contributed by atoms with Gasteiger partial charge in [0.05, 0.1) is 13.0 Å². The molecule has 2 N–H and O–H groups in total. The third-order valence-electron chi connectivity index (χ3n) is 4.01. The first-order valence-corrected chi connectivity index (χ1v) is 8.35. The minimum atomic E-state index is -0.333. The van der Waals surface area contributed by atoms with E-state index in [-0.39, 0.29) is 11.9 Å². The van der Waals surface area contributed by atoms with Crippen molar-refractivity contribution >= 4 is 29.0 Å². The van der Waals surface area contributed by atoms with Gasteiger partial charge in [-0.25, -0.2) is 4.79 Å². The van der Waals surface area contributed by atoms with E-state index in [2.05, 4.69) is 10.6 Å². The molecule has 0 atom stereocenters. The summed E-state index contributed by atoms with van der Waals surface area (Å²) in [6.07, 6.45) is 0.374. The van der Waals surface area contributed by atoms with E-state index >= 15 is 0 Å². The first kappa shape index (κ1) is 16.8. The molecule has 3 amide bonds. The molecule has 1 heterocycles. The molecule has 0 radical (unpaired) electrons. The van der Waals surface area contributed by atoms with Crippen molar-refractivity contribution in [3.05, 3.63) is 48.0 Å². The number of likely N-dealkylation sites (N-methyl/N-ethyl adjacent to an activating group) is 1. The molecule has 130 valence electrons. The smallest absolute Gasteiger partial charge is 0.323 e. The monoisotopic (exact) mass is 339 g/mol. The van der Waals surface area contributed by atoms with Crippen molar-refractivity contribution < 1.29 is 14.3 Å². The summed E-state index contributed by atoms with van der Waals surface area (Å²) in [6.45, 7) is 5.12. The Kier molecular flexibility index (Phi) is 4.88. The molecule has 25 heavy (non-hydrogen) atoms. The Morgan fingerprint density at radius 3 is 2.44 bits per heavy atom. The number of amides is 3. The van der Waals surface area contributed by atoms with Gasteiger partial charge in [0.25, 0.3) is 0 Å². The van der Waals surface area contributed by atoms with Crippen molar-refractivity contribution in [3.8, 4) is 5.75 Å². The van der Waals surface area contributed by atoms with E-state index in [0.29, 0.717) is 30.9 Å². The van der Waals surface area contributed by atoms with Crippen LogP contribution in [-0.4, -0.2) is 25.1 Å². The van der Waals surface area contributed by atoms with Crippen molar-refractivity contribution in [2.45, 2.75) is 20.3 Å². The van der Waals surface area contributed by atoms with Crippen LogP contribution in [0.4, 0.5) is 21.9 Å². The summed E-state index contributed by atoms with van der Waals surface area (Å²) in [5.74, 6) is 0.853. The van der Waals surface area contributed by atoms with Gasteiger partial charge in [0.2, 0.25) is 5.91 Å². The summed E-state index contributed by atoms with van der Waals surface area (Å²) >= 11 is 0. The van der Waals surface area contributed by atoms with Crippen LogP contribution < -0.4 is 20.3 Å². The molecular formula is C19H21N3O3. The van der Waals surface area contributed by atoms with Gasteiger partial charge in [-0.05, 0) is 61.9 Å². The van der Waals surface area contributed by atoms with Crippen LogP contribution in [0.5, 0.6) is 5.75 Å². The Hall–Kier alpha value is -3.02. The highest BCUT2D eigenvalue weighted by Crippen LogP contribution is 2.31. The van der Waals surface area contributed by atoms with Crippen molar-refractivity contribution in [1.82, 2.24) is 0 Å². The van der Waals surface area contributed by atoms with Crippen molar-refractivity contribution in [2.75, 3.05) is 28.7 Å². The van der Waals surface area contributed by atoms with Gasteiger partial charge in [0.1, 0.15) is 5.75 Å². The molecule has 0 bridgehead atoms. The summed E-state index contributed by atoms with van der Waals surface area (Å²) < 4.78 is 5.37. The Bertz CT molecular complexity index is 787. The molecule has 0 unspecified atom stereocenters. The van der Waals surface area contributed by atoms with Gasteiger partial charge in [-0.2, -0.15) is 0 Å². The van der Waals surface area contributed by atoms with Crippen LogP contribution in [0.25, 0.3) is 0 Å². The number of nitrogens with one attached hydrogen (secondary N) is 2. The van der Waals surface area contributed by atoms with Crippen LogP contribution in [0.3, 0.4) is 0 Å². The van der Waals surface area contributed by atoms with Crippen LogP contribution >= 0.6 is 0 Å². The molecule has 6 nitrogen and oxygen atoms in total. The average Bonchev–Trinajstić information content (AvgIpc) is 2.91. The fourth-order valence-corrected chi connectivity index (χ4v) is 2.90. The number of anilines is 3. The molecule has 0 saturated carbocycles. The van der Waals surface area contributed by atoms with E-state index in [4.69, 9.17) is 4.74 Å². The molecule has 6 heteroatoms. The number of carbonyl (C=O) groups excluding carboxylic acids is 2. The van der Waals surface area contributed by atoms with Gasteiger partial charge in [0.15, 0.2) is 0 Å². The second kappa shape index (κ2) is 7.25. The predicted molar refractivity (Wildman–Crippen MR) is 98.4 cm³/mol. The minimum absolute atomic E-state index is 0.0912. The number of hydrogen-bond acceptors (Lipinski definition) is 3. The zero-order chi connectivity index (χ0) is 17.8. The third kappa shape index (κ3) is 3.74. The number of fused-ring (bicyclic) bond motifs is 1. The SMILES string of the molecule is CCOc1ccc(NC(=O)Nc2ccc3c(c2)CC(=O)N3CC)cc1. The van der Waals surface area contributed by atoms with Crippen LogP contribution in [-0.2, 0) is 11.2 Å². The fourth-order valence-electron chi connectivity index (χ4n) is 2.90. The van der Waals surface area contributed by atoms with Gasteiger partial charge in [0, 0.05) is 23.6 Å². The molecule has 0 saturated heterocycles. The Morgan fingerprint density at radius 2 is 1.76 bits per heavy atom.